The van der Waals surface area contributed by atoms with E-state index >= 15 is 0 Å². The standard InChI is InChI=1S/C15H19N3O3/c1-11-6-4-7-12(2)14(11)20-9-5-8-18(3)15(19)13-10-16-21-17-13/h4,6-7,10H,5,8-9H2,1-3H3. The van der Waals surface area contributed by atoms with E-state index in [2.05, 4.69) is 14.9 Å². The number of aromatic nitrogens is 2. The van der Waals surface area contributed by atoms with Gasteiger partial charge in [0.25, 0.3) is 5.91 Å². The van der Waals surface area contributed by atoms with E-state index in [9.17, 15) is 4.79 Å². The molecule has 0 aliphatic rings. The lowest BCUT2D eigenvalue weighted by atomic mass is 10.1. The maximum atomic E-state index is 11.9. The van der Waals surface area contributed by atoms with Crippen molar-refractivity contribution in [1.29, 1.82) is 0 Å². The van der Waals surface area contributed by atoms with E-state index in [0.29, 0.717) is 13.2 Å². The van der Waals surface area contributed by atoms with Gasteiger partial charge in [0.05, 0.1) is 6.61 Å². The fourth-order valence-corrected chi connectivity index (χ4v) is 2.06. The van der Waals surface area contributed by atoms with Crippen LogP contribution in [0.15, 0.2) is 29.0 Å². The largest absolute Gasteiger partial charge is 0.493 e. The lowest BCUT2D eigenvalue weighted by Crippen LogP contribution is -2.28. The molecule has 0 aliphatic heterocycles. The summed E-state index contributed by atoms with van der Waals surface area (Å²) in [6.45, 7) is 5.18. The Balaban J connectivity index is 1.78. The molecule has 2 rings (SSSR count). The highest BCUT2D eigenvalue weighted by Crippen LogP contribution is 2.22. The fourth-order valence-electron chi connectivity index (χ4n) is 2.06. The van der Waals surface area contributed by atoms with Crippen LogP contribution in [0.3, 0.4) is 0 Å². The smallest absolute Gasteiger partial charge is 0.277 e. The normalized spacial score (nSPS) is 10.4. The molecule has 1 amide bonds. The summed E-state index contributed by atoms with van der Waals surface area (Å²) >= 11 is 0. The fraction of sp³-hybridized carbons (Fsp3) is 0.400. The van der Waals surface area contributed by atoms with Crippen molar-refractivity contribution in [1.82, 2.24) is 15.2 Å². The highest BCUT2D eigenvalue weighted by atomic mass is 16.6. The summed E-state index contributed by atoms with van der Waals surface area (Å²) in [6.07, 6.45) is 2.05. The first kappa shape index (κ1) is 15.0. The third-order valence-electron chi connectivity index (χ3n) is 3.22. The number of para-hydroxylation sites is 1. The van der Waals surface area contributed by atoms with Crippen LogP contribution in [0.5, 0.6) is 5.75 Å². The SMILES string of the molecule is Cc1cccc(C)c1OCCCN(C)C(=O)c1cnon1. The summed E-state index contributed by atoms with van der Waals surface area (Å²) < 4.78 is 10.2. The highest BCUT2D eigenvalue weighted by Gasteiger charge is 2.15. The molecule has 1 aromatic carbocycles. The van der Waals surface area contributed by atoms with Crippen molar-refractivity contribution in [3.8, 4) is 5.75 Å². The molecule has 0 radical (unpaired) electrons. The van der Waals surface area contributed by atoms with Crippen molar-refractivity contribution >= 4 is 5.91 Å². The van der Waals surface area contributed by atoms with Gasteiger partial charge in [0.2, 0.25) is 0 Å². The third kappa shape index (κ3) is 3.81. The zero-order valence-electron chi connectivity index (χ0n) is 12.5. The molecule has 0 bridgehead atoms. The summed E-state index contributed by atoms with van der Waals surface area (Å²) in [5, 5.41) is 6.95. The van der Waals surface area contributed by atoms with Gasteiger partial charge in [-0.15, -0.1) is 0 Å². The predicted octanol–water partition coefficient (Wildman–Crippen LogP) is 2.23. The Kier molecular flexibility index (Phi) is 4.92. The number of aryl methyl sites for hydroxylation is 2. The first-order chi connectivity index (χ1) is 10.1. The second-order valence-electron chi connectivity index (χ2n) is 4.94. The average Bonchev–Trinajstić information content (AvgIpc) is 2.99. The molecular weight excluding hydrogens is 270 g/mol. The highest BCUT2D eigenvalue weighted by molar-refractivity contribution is 5.91. The molecule has 0 saturated heterocycles. The molecule has 0 fully saturated rings. The quantitative estimate of drug-likeness (QED) is 0.763. The van der Waals surface area contributed by atoms with Gasteiger partial charge in [-0.1, -0.05) is 23.4 Å². The van der Waals surface area contributed by atoms with Crippen LogP contribution in [0.2, 0.25) is 0 Å². The Morgan fingerprint density at radius 2 is 2.05 bits per heavy atom. The van der Waals surface area contributed by atoms with E-state index in [-0.39, 0.29) is 11.6 Å². The van der Waals surface area contributed by atoms with Crippen molar-refractivity contribution in [2.75, 3.05) is 20.2 Å². The van der Waals surface area contributed by atoms with Crippen LogP contribution in [-0.2, 0) is 0 Å². The topological polar surface area (TPSA) is 68.5 Å². The van der Waals surface area contributed by atoms with Crippen LogP contribution >= 0.6 is 0 Å². The first-order valence-corrected chi connectivity index (χ1v) is 6.81. The van der Waals surface area contributed by atoms with Crippen LogP contribution in [0.4, 0.5) is 0 Å². The van der Waals surface area contributed by atoms with E-state index in [1.165, 1.54) is 6.20 Å². The lowest BCUT2D eigenvalue weighted by Gasteiger charge is -2.16. The zero-order valence-corrected chi connectivity index (χ0v) is 12.5. The molecule has 0 spiro atoms. The second kappa shape index (κ2) is 6.88. The van der Waals surface area contributed by atoms with Gasteiger partial charge in [0, 0.05) is 13.6 Å². The van der Waals surface area contributed by atoms with Crippen LogP contribution in [-0.4, -0.2) is 41.3 Å². The maximum absolute atomic E-state index is 11.9. The van der Waals surface area contributed by atoms with Gasteiger partial charge >= 0.3 is 0 Å². The van der Waals surface area contributed by atoms with Gasteiger partial charge in [0.1, 0.15) is 11.9 Å². The van der Waals surface area contributed by atoms with Gasteiger partial charge in [-0.3, -0.25) is 4.79 Å². The number of hydrogen-bond acceptors (Lipinski definition) is 5. The molecule has 112 valence electrons. The van der Waals surface area contributed by atoms with Crippen LogP contribution in [0.25, 0.3) is 0 Å². The van der Waals surface area contributed by atoms with Gasteiger partial charge in [-0.2, -0.15) is 0 Å². The first-order valence-electron chi connectivity index (χ1n) is 6.81. The number of amides is 1. The van der Waals surface area contributed by atoms with Crippen molar-refractivity contribution < 1.29 is 14.2 Å². The molecule has 0 unspecified atom stereocenters. The van der Waals surface area contributed by atoms with Gasteiger partial charge in [-0.05, 0) is 36.6 Å². The number of rotatable bonds is 6. The molecule has 6 nitrogen and oxygen atoms in total. The Morgan fingerprint density at radius 3 is 2.67 bits per heavy atom. The van der Waals surface area contributed by atoms with Crippen LogP contribution in [0.1, 0.15) is 28.0 Å². The number of carbonyl (C=O) groups is 1. The van der Waals surface area contributed by atoms with Crippen molar-refractivity contribution in [2.24, 2.45) is 0 Å². The maximum Gasteiger partial charge on any atom is 0.277 e. The van der Waals surface area contributed by atoms with E-state index in [4.69, 9.17) is 4.74 Å². The Bertz CT molecular complexity index is 576. The zero-order chi connectivity index (χ0) is 15.2. The summed E-state index contributed by atoms with van der Waals surface area (Å²) in [7, 11) is 1.72. The van der Waals surface area contributed by atoms with E-state index < -0.39 is 0 Å². The Hall–Kier alpha value is -2.37. The number of hydrogen-bond donors (Lipinski definition) is 0. The molecule has 0 aliphatic carbocycles. The van der Waals surface area contributed by atoms with Crippen LogP contribution < -0.4 is 4.74 Å². The molecule has 2 aromatic rings. The monoisotopic (exact) mass is 289 g/mol. The van der Waals surface area contributed by atoms with Gasteiger partial charge in [-0.25, -0.2) is 4.63 Å². The van der Waals surface area contributed by atoms with Crippen molar-refractivity contribution in [3.05, 3.63) is 41.2 Å². The molecule has 0 saturated carbocycles. The van der Waals surface area contributed by atoms with Gasteiger partial charge in [0.15, 0.2) is 5.69 Å². The minimum absolute atomic E-state index is 0.205. The minimum atomic E-state index is -0.205. The predicted molar refractivity (Wildman–Crippen MR) is 77.3 cm³/mol. The molecular formula is C15H19N3O3. The van der Waals surface area contributed by atoms with Crippen molar-refractivity contribution in [2.45, 2.75) is 20.3 Å². The van der Waals surface area contributed by atoms with E-state index in [1.807, 2.05) is 32.0 Å². The second-order valence-corrected chi connectivity index (χ2v) is 4.94. The van der Waals surface area contributed by atoms with Gasteiger partial charge < -0.3 is 9.64 Å². The lowest BCUT2D eigenvalue weighted by molar-refractivity contribution is 0.0776. The average molecular weight is 289 g/mol. The molecule has 0 N–H and O–H groups in total. The number of ether oxygens (including phenoxy) is 1. The minimum Gasteiger partial charge on any atom is -0.493 e. The summed E-state index contributed by atoms with van der Waals surface area (Å²) in [6, 6.07) is 6.06. The molecule has 1 heterocycles. The Labute approximate surface area is 123 Å². The summed E-state index contributed by atoms with van der Waals surface area (Å²) in [4.78, 5) is 13.5. The molecule has 0 atom stereocenters. The van der Waals surface area contributed by atoms with Crippen molar-refractivity contribution in [3.63, 3.8) is 0 Å². The molecule has 1 aromatic heterocycles. The summed E-state index contributed by atoms with van der Waals surface area (Å²) in [5.41, 5.74) is 2.45. The molecule has 6 heteroatoms. The van der Waals surface area contributed by atoms with Crippen LogP contribution in [0, 0.1) is 13.8 Å². The molecule has 21 heavy (non-hydrogen) atoms. The number of benzene rings is 1. The van der Waals surface area contributed by atoms with E-state index in [1.54, 1.807) is 11.9 Å². The number of nitrogens with zero attached hydrogens (tertiary/aromatic N) is 3. The number of carbonyl (C=O) groups excluding carboxylic acids is 1. The third-order valence-corrected chi connectivity index (χ3v) is 3.22. The van der Waals surface area contributed by atoms with E-state index in [0.717, 1.165) is 23.3 Å². The Morgan fingerprint density at radius 1 is 1.33 bits per heavy atom. The summed E-state index contributed by atoms with van der Waals surface area (Å²) in [5.74, 6) is 0.718.